The Labute approximate surface area is 134 Å². The smallest absolute Gasteiger partial charge is 0.142 e. The zero-order chi connectivity index (χ0) is 15.1. The molecule has 0 spiro atoms. The number of nitrogens with zero attached hydrogens (tertiary/aromatic N) is 2. The minimum Gasteiger partial charge on any atom is -0.340 e. The zero-order valence-electron chi connectivity index (χ0n) is 12.9. The highest BCUT2D eigenvalue weighted by Gasteiger charge is 2.23. The van der Waals surface area contributed by atoms with Crippen LogP contribution in [0.1, 0.15) is 29.3 Å². The van der Waals surface area contributed by atoms with E-state index in [4.69, 9.17) is 0 Å². The molecular weight excluding hydrogens is 290 g/mol. The highest BCUT2D eigenvalue weighted by atomic mass is 32.1. The van der Waals surface area contributed by atoms with Crippen molar-refractivity contribution in [3.63, 3.8) is 0 Å². The maximum Gasteiger partial charge on any atom is 0.142 e. The molecule has 0 radical (unpaired) electrons. The average molecular weight is 309 g/mol. The largest absolute Gasteiger partial charge is 0.340 e. The Morgan fingerprint density at radius 3 is 2.82 bits per heavy atom. The number of nitrogens with one attached hydrogen (secondary N) is 1. The lowest BCUT2D eigenvalue weighted by molar-refractivity contribution is 0.508. The van der Waals surface area contributed by atoms with Gasteiger partial charge in [-0.3, -0.25) is 0 Å². The van der Waals surface area contributed by atoms with Crippen LogP contribution in [0.5, 0.6) is 0 Å². The third kappa shape index (κ3) is 2.37. The Kier molecular flexibility index (Phi) is 3.34. The SMILES string of the molecule is Cc1ccc(Nc2ncnc3sc4c(c23)CC(C)CC4)cc1. The number of benzene rings is 1. The molecule has 4 rings (SSSR count). The summed E-state index contributed by atoms with van der Waals surface area (Å²) < 4.78 is 0. The van der Waals surface area contributed by atoms with E-state index in [-0.39, 0.29) is 0 Å². The summed E-state index contributed by atoms with van der Waals surface area (Å²) in [4.78, 5) is 11.6. The van der Waals surface area contributed by atoms with Crippen LogP contribution in [-0.2, 0) is 12.8 Å². The van der Waals surface area contributed by atoms with Gasteiger partial charge in [-0.15, -0.1) is 11.3 Å². The lowest BCUT2D eigenvalue weighted by Gasteiger charge is -2.18. The van der Waals surface area contributed by atoms with E-state index in [0.29, 0.717) is 0 Å². The van der Waals surface area contributed by atoms with Crippen molar-refractivity contribution >= 4 is 33.1 Å². The molecule has 0 amide bonds. The minimum absolute atomic E-state index is 0.748. The molecule has 0 aliphatic heterocycles. The Bertz CT molecular complexity index is 820. The Balaban J connectivity index is 1.80. The van der Waals surface area contributed by atoms with Gasteiger partial charge in [0.1, 0.15) is 17.0 Å². The van der Waals surface area contributed by atoms with Crippen LogP contribution in [-0.4, -0.2) is 9.97 Å². The minimum atomic E-state index is 0.748. The van der Waals surface area contributed by atoms with Gasteiger partial charge in [-0.25, -0.2) is 9.97 Å². The van der Waals surface area contributed by atoms with Gasteiger partial charge in [-0.05, 0) is 49.8 Å². The second-order valence-electron chi connectivity index (χ2n) is 6.25. The predicted molar refractivity (Wildman–Crippen MR) is 93.1 cm³/mol. The average Bonchev–Trinajstić information content (AvgIpc) is 2.88. The standard InChI is InChI=1S/C18H19N3S/c1-11-3-6-13(7-4-11)21-17-16-14-9-12(2)5-8-15(14)22-18(16)20-10-19-17/h3-4,6-7,10,12H,5,8-9H2,1-2H3,(H,19,20,21). The molecule has 1 aromatic carbocycles. The summed E-state index contributed by atoms with van der Waals surface area (Å²) in [6.45, 7) is 4.44. The number of hydrogen-bond acceptors (Lipinski definition) is 4. The van der Waals surface area contributed by atoms with Crippen LogP contribution in [0.3, 0.4) is 0 Å². The van der Waals surface area contributed by atoms with Crippen LogP contribution in [0.2, 0.25) is 0 Å². The third-order valence-corrected chi connectivity index (χ3v) is 5.60. The van der Waals surface area contributed by atoms with E-state index in [1.165, 1.54) is 34.2 Å². The lowest BCUT2D eigenvalue weighted by atomic mass is 9.88. The normalized spacial score (nSPS) is 17.5. The highest BCUT2D eigenvalue weighted by Crippen LogP contribution is 2.40. The van der Waals surface area contributed by atoms with Gasteiger partial charge in [0, 0.05) is 10.6 Å². The maximum absolute atomic E-state index is 4.51. The van der Waals surface area contributed by atoms with Gasteiger partial charge in [0.05, 0.1) is 5.39 Å². The number of fused-ring (bicyclic) bond motifs is 3. The predicted octanol–water partition coefficient (Wildman–Crippen LogP) is 4.87. The van der Waals surface area contributed by atoms with Crippen LogP contribution in [0.15, 0.2) is 30.6 Å². The van der Waals surface area contributed by atoms with E-state index in [0.717, 1.165) is 28.7 Å². The Morgan fingerprint density at radius 2 is 2.00 bits per heavy atom. The van der Waals surface area contributed by atoms with Crippen LogP contribution in [0.4, 0.5) is 11.5 Å². The molecule has 112 valence electrons. The molecule has 1 N–H and O–H groups in total. The molecule has 4 heteroatoms. The van der Waals surface area contributed by atoms with Crippen molar-refractivity contribution in [3.8, 4) is 0 Å². The molecule has 1 aliphatic carbocycles. The summed E-state index contributed by atoms with van der Waals surface area (Å²) in [7, 11) is 0. The first-order valence-electron chi connectivity index (χ1n) is 7.79. The molecule has 2 aromatic heterocycles. The molecule has 0 bridgehead atoms. The zero-order valence-corrected chi connectivity index (χ0v) is 13.7. The number of aromatic nitrogens is 2. The van der Waals surface area contributed by atoms with Crippen LogP contribution in [0, 0.1) is 12.8 Å². The molecule has 0 saturated carbocycles. The van der Waals surface area contributed by atoms with E-state index in [2.05, 4.69) is 53.4 Å². The van der Waals surface area contributed by atoms with Gasteiger partial charge >= 0.3 is 0 Å². The molecule has 1 aliphatic rings. The fourth-order valence-electron chi connectivity index (χ4n) is 3.15. The van der Waals surface area contributed by atoms with Crippen molar-refractivity contribution in [2.75, 3.05) is 5.32 Å². The Hall–Kier alpha value is -1.94. The number of aryl methyl sites for hydroxylation is 2. The highest BCUT2D eigenvalue weighted by molar-refractivity contribution is 7.19. The van der Waals surface area contributed by atoms with Gasteiger partial charge in [0.15, 0.2) is 0 Å². The summed E-state index contributed by atoms with van der Waals surface area (Å²) in [5.41, 5.74) is 3.81. The number of anilines is 2. The molecule has 3 nitrogen and oxygen atoms in total. The van der Waals surface area contributed by atoms with Crippen molar-refractivity contribution in [3.05, 3.63) is 46.6 Å². The quantitative estimate of drug-likeness (QED) is 0.734. The topological polar surface area (TPSA) is 37.8 Å². The number of hydrogen-bond donors (Lipinski definition) is 1. The van der Waals surface area contributed by atoms with E-state index in [9.17, 15) is 0 Å². The van der Waals surface area contributed by atoms with Crippen molar-refractivity contribution in [1.29, 1.82) is 0 Å². The summed E-state index contributed by atoms with van der Waals surface area (Å²) in [5.74, 6) is 1.69. The van der Waals surface area contributed by atoms with Gasteiger partial charge in [-0.1, -0.05) is 24.6 Å². The second kappa shape index (κ2) is 5.36. The van der Waals surface area contributed by atoms with Crippen LogP contribution < -0.4 is 5.32 Å². The third-order valence-electron chi connectivity index (χ3n) is 4.40. The van der Waals surface area contributed by atoms with E-state index in [1.807, 2.05) is 11.3 Å². The lowest BCUT2D eigenvalue weighted by Crippen LogP contribution is -2.09. The van der Waals surface area contributed by atoms with E-state index in [1.54, 1.807) is 6.33 Å². The van der Waals surface area contributed by atoms with Gasteiger partial charge in [-0.2, -0.15) is 0 Å². The van der Waals surface area contributed by atoms with E-state index < -0.39 is 0 Å². The van der Waals surface area contributed by atoms with Gasteiger partial charge < -0.3 is 5.32 Å². The van der Waals surface area contributed by atoms with Crippen LogP contribution in [0.25, 0.3) is 10.2 Å². The number of thiophene rings is 1. The Morgan fingerprint density at radius 1 is 1.18 bits per heavy atom. The summed E-state index contributed by atoms with van der Waals surface area (Å²) in [6, 6.07) is 8.44. The molecule has 1 atom stereocenters. The molecule has 22 heavy (non-hydrogen) atoms. The fourth-order valence-corrected chi connectivity index (χ4v) is 4.33. The molecule has 0 fully saturated rings. The van der Waals surface area contributed by atoms with Crippen molar-refractivity contribution in [2.24, 2.45) is 5.92 Å². The second-order valence-corrected chi connectivity index (χ2v) is 7.33. The molecule has 3 aromatic rings. The van der Waals surface area contributed by atoms with Crippen molar-refractivity contribution in [2.45, 2.75) is 33.1 Å². The summed E-state index contributed by atoms with van der Waals surface area (Å²) in [5, 5.41) is 4.71. The van der Waals surface area contributed by atoms with Gasteiger partial charge in [0.2, 0.25) is 0 Å². The maximum atomic E-state index is 4.51. The summed E-state index contributed by atoms with van der Waals surface area (Å²) >= 11 is 1.84. The number of rotatable bonds is 2. The summed E-state index contributed by atoms with van der Waals surface area (Å²) in [6.07, 6.45) is 5.28. The molecular formula is C18H19N3S. The first-order chi connectivity index (χ1) is 10.7. The van der Waals surface area contributed by atoms with Crippen molar-refractivity contribution < 1.29 is 0 Å². The molecule has 1 unspecified atom stereocenters. The fraction of sp³-hybridized carbons (Fsp3) is 0.333. The monoisotopic (exact) mass is 309 g/mol. The van der Waals surface area contributed by atoms with E-state index >= 15 is 0 Å². The molecule has 2 heterocycles. The first kappa shape index (κ1) is 13.7. The van der Waals surface area contributed by atoms with Crippen LogP contribution >= 0.6 is 11.3 Å². The van der Waals surface area contributed by atoms with Crippen molar-refractivity contribution in [1.82, 2.24) is 9.97 Å². The molecule has 0 saturated heterocycles. The first-order valence-corrected chi connectivity index (χ1v) is 8.61. The van der Waals surface area contributed by atoms with Gasteiger partial charge in [0.25, 0.3) is 0 Å².